The van der Waals surface area contributed by atoms with Crippen LogP contribution in [0.5, 0.6) is 0 Å². The summed E-state index contributed by atoms with van der Waals surface area (Å²) in [4.78, 5) is 24.1. The largest absolute Gasteiger partial charge is 0.376 e. The molecule has 0 unspecified atom stereocenters. The number of carbonyl (C=O) groups is 2. The number of anilines is 2. The highest BCUT2D eigenvalue weighted by molar-refractivity contribution is 5.98. The van der Waals surface area contributed by atoms with Crippen molar-refractivity contribution >= 4 is 23.2 Å². The summed E-state index contributed by atoms with van der Waals surface area (Å²) in [5.74, 6) is -0.294. The van der Waals surface area contributed by atoms with Gasteiger partial charge in [0, 0.05) is 23.5 Å². The predicted molar refractivity (Wildman–Crippen MR) is 102 cm³/mol. The smallest absolute Gasteiger partial charge is 0.251 e. The zero-order chi connectivity index (χ0) is 18.2. The zero-order valence-electron chi connectivity index (χ0n) is 15.0. The Hall–Kier alpha value is -2.82. The van der Waals surface area contributed by atoms with E-state index in [0.717, 1.165) is 17.7 Å². The fraction of sp³-hybridized carbons (Fsp3) is 0.300. The van der Waals surface area contributed by atoms with Crippen LogP contribution >= 0.6 is 0 Å². The quantitative estimate of drug-likeness (QED) is 0.723. The highest BCUT2D eigenvalue weighted by atomic mass is 16.2. The second-order valence-electron chi connectivity index (χ2n) is 6.06. The Bertz CT molecular complexity index is 756. The molecule has 0 radical (unpaired) electrons. The summed E-state index contributed by atoms with van der Waals surface area (Å²) in [6, 6.07) is 13.0. The van der Waals surface area contributed by atoms with Crippen LogP contribution in [0.2, 0.25) is 0 Å². The van der Waals surface area contributed by atoms with Crippen LogP contribution < -0.4 is 16.0 Å². The maximum Gasteiger partial charge on any atom is 0.251 e. The number of rotatable bonds is 7. The van der Waals surface area contributed by atoms with Crippen molar-refractivity contribution < 1.29 is 9.59 Å². The van der Waals surface area contributed by atoms with Crippen molar-refractivity contribution in [2.75, 3.05) is 23.7 Å². The zero-order valence-corrected chi connectivity index (χ0v) is 15.0. The van der Waals surface area contributed by atoms with Crippen molar-refractivity contribution in [3.8, 4) is 0 Å². The number of nitrogens with one attached hydrogen (secondary N) is 3. The lowest BCUT2D eigenvalue weighted by Crippen LogP contribution is -2.25. The first-order chi connectivity index (χ1) is 12.0. The maximum absolute atomic E-state index is 12.1. The van der Waals surface area contributed by atoms with Crippen molar-refractivity contribution in [1.82, 2.24) is 5.32 Å². The first-order valence-electron chi connectivity index (χ1n) is 8.49. The van der Waals surface area contributed by atoms with E-state index in [2.05, 4.69) is 22.0 Å². The molecule has 2 amide bonds. The van der Waals surface area contributed by atoms with Crippen molar-refractivity contribution in [3.63, 3.8) is 0 Å². The Morgan fingerprint density at radius 1 is 1.04 bits per heavy atom. The normalized spacial score (nSPS) is 10.2. The van der Waals surface area contributed by atoms with Gasteiger partial charge in [0.05, 0.1) is 6.54 Å². The summed E-state index contributed by atoms with van der Waals surface area (Å²) in [6.45, 7) is 6.84. The van der Waals surface area contributed by atoms with Gasteiger partial charge in [-0.1, -0.05) is 30.7 Å². The lowest BCUT2D eigenvalue weighted by atomic mass is 10.1. The Morgan fingerprint density at radius 3 is 2.56 bits per heavy atom. The highest BCUT2D eigenvalue weighted by Gasteiger charge is 2.08. The molecule has 0 aliphatic heterocycles. The molecule has 0 heterocycles. The van der Waals surface area contributed by atoms with E-state index in [9.17, 15) is 9.59 Å². The van der Waals surface area contributed by atoms with Gasteiger partial charge in [-0.15, -0.1) is 0 Å². The molecule has 0 fully saturated rings. The molecule has 3 N–H and O–H groups in total. The van der Waals surface area contributed by atoms with Crippen molar-refractivity contribution in [2.45, 2.75) is 27.2 Å². The van der Waals surface area contributed by atoms with Crippen LogP contribution in [0.1, 0.15) is 34.8 Å². The average Bonchev–Trinajstić information content (AvgIpc) is 2.59. The SMILES string of the molecule is CCCNC(=O)c1cccc(NC(=O)CNc2ccc(C)cc2C)c1. The summed E-state index contributed by atoms with van der Waals surface area (Å²) in [6.07, 6.45) is 0.881. The van der Waals surface area contributed by atoms with E-state index >= 15 is 0 Å². The molecule has 0 atom stereocenters. The molecular weight excluding hydrogens is 314 g/mol. The van der Waals surface area contributed by atoms with Gasteiger partial charge >= 0.3 is 0 Å². The summed E-state index contributed by atoms with van der Waals surface area (Å²) < 4.78 is 0. The molecule has 5 nitrogen and oxygen atoms in total. The van der Waals surface area contributed by atoms with Crippen LogP contribution in [0, 0.1) is 13.8 Å². The Labute approximate surface area is 148 Å². The molecule has 2 rings (SSSR count). The maximum atomic E-state index is 12.1. The molecule has 25 heavy (non-hydrogen) atoms. The van der Waals surface area contributed by atoms with Gasteiger partial charge in [-0.25, -0.2) is 0 Å². The fourth-order valence-electron chi connectivity index (χ4n) is 2.47. The van der Waals surface area contributed by atoms with Gasteiger partial charge in [-0.3, -0.25) is 9.59 Å². The second-order valence-corrected chi connectivity index (χ2v) is 6.06. The summed E-state index contributed by atoms with van der Waals surface area (Å²) in [5, 5.41) is 8.77. The molecule has 5 heteroatoms. The molecule has 0 aliphatic carbocycles. The number of benzene rings is 2. The van der Waals surface area contributed by atoms with E-state index in [1.807, 2.05) is 32.9 Å². The van der Waals surface area contributed by atoms with Crippen molar-refractivity contribution in [2.24, 2.45) is 0 Å². The molecule has 0 aromatic heterocycles. The minimum absolute atomic E-state index is 0.133. The van der Waals surface area contributed by atoms with Gasteiger partial charge in [0.25, 0.3) is 5.91 Å². The molecule has 0 spiro atoms. The van der Waals surface area contributed by atoms with Crippen LogP contribution in [0.25, 0.3) is 0 Å². The van der Waals surface area contributed by atoms with E-state index < -0.39 is 0 Å². The van der Waals surface area contributed by atoms with Crippen LogP contribution in [0.15, 0.2) is 42.5 Å². The molecule has 132 valence electrons. The van der Waals surface area contributed by atoms with Gasteiger partial charge in [0.1, 0.15) is 0 Å². The first-order valence-corrected chi connectivity index (χ1v) is 8.49. The lowest BCUT2D eigenvalue weighted by Gasteiger charge is -2.11. The molecule has 2 aromatic rings. The lowest BCUT2D eigenvalue weighted by molar-refractivity contribution is -0.114. The fourth-order valence-corrected chi connectivity index (χ4v) is 2.47. The number of hydrogen-bond acceptors (Lipinski definition) is 3. The summed E-state index contributed by atoms with van der Waals surface area (Å²) in [7, 11) is 0. The highest BCUT2D eigenvalue weighted by Crippen LogP contribution is 2.16. The van der Waals surface area contributed by atoms with Crippen LogP contribution in [0.3, 0.4) is 0 Å². The van der Waals surface area contributed by atoms with E-state index in [-0.39, 0.29) is 18.4 Å². The van der Waals surface area contributed by atoms with Gasteiger partial charge < -0.3 is 16.0 Å². The van der Waals surface area contributed by atoms with Crippen LogP contribution in [-0.4, -0.2) is 24.9 Å². The third kappa shape index (κ3) is 5.64. The Balaban J connectivity index is 1.93. The summed E-state index contributed by atoms with van der Waals surface area (Å²) >= 11 is 0. The predicted octanol–water partition coefficient (Wildman–Crippen LogP) is 3.49. The molecule has 0 saturated carbocycles. The molecule has 0 aliphatic rings. The molecule has 0 saturated heterocycles. The second kappa shape index (κ2) is 8.87. The van der Waals surface area contributed by atoms with E-state index in [1.54, 1.807) is 24.3 Å². The minimum Gasteiger partial charge on any atom is -0.376 e. The molecule has 0 bridgehead atoms. The molecular formula is C20H25N3O2. The standard InChI is InChI=1S/C20H25N3O2/c1-4-10-21-20(25)16-6-5-7-17(12-16)23-19(24)13-22-18-9-8-14(2)11-15(18)3/h5-9,11-12,22H,4,10,13H2,1-3H3,(H,21,25)(H,23,24). The number of amides is 2. The number of aryl methyl sites for hydroxylation is 2. The van der Waals surface area contributed by atoms with Gasteiger partial charge in [-0.05, 0) is 50.1 Å². The summed E-state index contributed by atoms with van der Waals surface area (Å²) in [5.41, 5.74) is 4.37. The monoisotopic (exact) mass is 339 g/mol. The van der Waals surface area contributed by atoms with Gasteiger partial charge in [-0.2, -0.15) is 0 Å². The minimum atomic E-state index is -0.161. The number of hydrogen-bond donors (Lipinski definition) is 3. The van der Waals surface area contributed by atoms with Crippen LogP contribution in [0.4, 0.5) is 11.4 Å². The van der Waals surface area contributed by atoms with E-state index in [1.165, 1.54) is 5.56 Å². The van der Waals surface area contributed by atoms with Crippen LogP contribution in [-0.2, 0) is 4.79 Å². The van der Waals surface area contributed by atoms with E-state index in [0.29, 0.717) is 17.8 Å². The third-order valence-corrected chi connectivity index (χ3v) is 3.77. The van der Waals surface area contributed by atoms with Crippen molar-refractivity contribution in [1.29, 1.82) is 0 Å². The average molecular weight is 339 g/mol. The Kier molecular flexibility index (Phi) is 6.57. The van der Waals surface area contributed by atoms with Gasteiger partial charge in [0.2, 0.25) is 5.91 Å². The van der Waals surface area contributed by atoms with Crippen molar-refractivity contribution in [3.05, 3.63) is 59.2 Å². The molecule has 2 aromatic carbocycles. The van der Waals surface area contributed by atoms with Gasteiger partial charge in [0.15, 0.2) is 0 Å². The topological polar surface area (TPSA) is 70.2 Å². The first kappa shape index (κ1) is 18.5. The number of carbonyl (C=O) groups excluding carboxylic acids is 2. The third-order valence-electron chi connectivity index (χ3n) is 3.77. The Morgan fingerprint density at radius 2 is 1.84 bits per heavy atom. The van der Waals surface area contributed by atoms with E-state index in [4.69, 9.17) is 0 Å².